The quantitative estimate of drug-likeness (QED) is 0.294. The van der Waals surface area contributed by atoms with E-state index in [1.807, 2.05) is 0 Å². The van der Waals surface area contributed by atoms with Crippen LogP contribution in [0.25, 0.3) is 10.8 Å². The fraction of sp³-hybridized carbons (Fsp3) is 0.400. The highest BCUT2D eigenvalue weighted by Crippen LogP contribution is 2.35. The van der Waals surface area contributed by atoms with Gasteiger partial charge in [0.1, 0.15) is 17.0 Å². The number of hydrogen-bond acceptors (Lipinski definition) is 9. The van der Waals surface area contributed by atoms with Crippen LogP contribution in [0.4, 0.5) is 25.5 Å². The number of imide groups is 1. The third kappa shape index (κ3) is 7.77. The highest BCUT2D eigenvalue weighted by molar-refractivity contribution is 6.14. The van der Waals surface area contributed by atoms with Gasteiger partial charge in [0, 0.05) is 28.9 Å². The van der Waals surface area contributed by atoms with Crippen molar-refractivity contribution in [3.8, 4) is 11.5 Å². The van der Waals surface area contributed by atoms with Crippen molar-refractivity contribution >= 4 is 40.4 Å². The monoisotopic (exact) mass is 585 g/mol. The SMILES string of the molecule is CCOc1cc(C(Nc2ccc3c(N(C(=O)OC(C)(C)C)C(=O)OC(C)(C)C)nccc3c2)C(=O)O)c(F)cc1OC. The molecule has 1 unspecified atom stereocenters. The van der Waals surface area contributed by atoms with Gasteiger partial charge in [-0.2, -0.15) is 4.90 Å². The van der Waals surface area contributed by atoms with Crippen LogP contribution in [-0.2, 0) is 14.3 Å². The van der Waals surface area contributed by atoms with Crippen molar-refractivity contribution in [2.24, 2.45) is 0 Å². The topological polar surface area (TPSA) is 137 Å². The lowest BCUT2D eigenvalue weighted by molar-refractivity contribution is -0.138. The molecule has 0 radical (unpaired) electrons. The second-order valence-corrected chi connectivity index (χ2v) is 11.2. The number of hydrogen-bond donors (Lipinski definition) is 2. The maximum Gasteiger partial charge on any atom is 0.425 e. The Morgan fingerprint density at radius 2 is 1.60 bits per heavy atom. The number of nitrogens with zero attached hydrogens (tertiary/aromatic N) is 2. The molecule has 3 aromatic rings. The standard InChI is InChI=1S/C30H36FN3O8/c1-9-40-23-15-20(21(31)16-22(23)39-8)24(26(35)36)33-18-10-11-19-17(14-18)12-13-32-25(19)34(27(37)41-29(2,3)4)28(38)42-30(5,6)7/h10-16,24,33H,9H2,1-8H3,(H,35,36). The van der Waals surface area contributed by atoms with Crippen LogP contribution in [0.5, 0.6) is 11.5 Å². The van der Waals surface area contributed by atoms with E-state index in [0.717, 1.165) is 6.07 Å². The number of rotatable bonds is 8. The van der Waals surface area contributed by atoms with Gasteiger partial charge in [-0.15, -0.1) is 0 Å². The number of carbonyl (C=O) groups is 3. The summed E-state index contributed by atoms with van der Waals surface area (Å²) >= 11 is 0. The number of carbonyl (C=O) groups excluding carboxylic acids is 2. The second kappa shape index (κ2) is 12.5. The zero-order valence-corrected chi connectivity index (χ0v) is 24.9. The van der Waals surface area contributed by atoms with Crippen molar-refractivity contribution in [3.05, 3.63) is 54.0 Å². The number of nitrogens with one attached hydrogen (secondary N) is 1. The summed E-state index contributed by atoms with van der Waals surface area (Å²) in [6, 6.07) is 7.14. The Balaban J connectivity index is 2.06. The van der Waals surface area contributed by atoms with E-state index in [9.17, 15) is 19.5 Å². The zero-order valence-electron chi connectivity index (χ0n) is 24.9. The maximum absolute atomic E-state index is 15.0. The number of methoxy groups -OCH3 is 1. The fourth-order valence-electron chi connectivity index (χ4n) is 3.93. The van der Waals surface area contributed by atoms with Gasteiger partial charge in [0.05, 0.1) is 13.7 Å². The van der Waals surface area contributed by atoms with Gasteiger partial charge in [-0.3, -0.25) is 0 Å². The highest BCUT2D eigenvalue weighted by atomic mass is 19.1. The first-order valence-electron chi connectivity index (χ1n) is 13.2. The Bertz CT molecular complexity index is 1450. The Kier molecular flexibility index (Phi) is 9.50. The Hall–Kier alpha value is -4.61. The van der Waals surface area contributed by atoms with Crippen LogP contribution in [0.2, 0.25) is 0 Å². The van der Waals surface area contributed by atoms with Gasteiger partial charge in [-0.05, 0) is 84.2 Å². The first-order valence-corrected chi connectivity index (χ1v) is 13.2. The van der Waals surface area contributed by atoms with E-state index in [1.165, 1.54) is 25.4 Å². The van der Waals surface area contributed by atoms with Crippen LogP contribution in [-0.4, -0.2) is 53.2 Å². The van der Waals surface area contributed by atoms with Crippen molar-refractivity contribution in [2.45, 2.75) is 65.7 Å². The molecule has 2 aromatic carbocycles. The van der Waals surface area contributed by atoms with Gasteiger partial charge in [0.15, 0.2) is 23.4 Å². The minimum atomic E-state index is -1.49. The second-order valence-electron chi connectivity index (χ2n) is 11.2. The molecule has 0 aliphatic rings. The molecule has 3 rings (SSSR count). The minimum absolute atomic E-state index is 0.0418. The number of aromatic nitrogens is 1. The molecule has 1 atom stereocenters. The molecule has 0 saturated carbocycles. The van der Waals surface area contributed by atoms with E-state index in [4.69, 9.17) is 18.9 Å². The predicted octanol–water partition coefficient (Wildman–Crippen LogP) is 6.70. The number of aliphatic carboxylic acids is 1. The molecule has 0 spiro atoms. The van der Waals surface area contributed by atoms with Gasteiger partial charge in [0.25, 0.3) is 0 Å². The summed E-state index contributed by atoms with van der Waals surface area (Å²) in [6.45, 7) is 12.0. The van der Waals surface area contributed by atoms with Crippen LogP contribution in [0.1, 0.15) is 60.1 Å². The molecule has 1 aromatic heterocycles. The molecule has 0 bridgehead atoms. The molecule has 2 amide bonds. The number of carboxylic acids is 1. The molecule has 12 heteroatoms. The number of ether oxygens (including phenoxy) is 4. The fourth-order valence-corrected chi connectivity index (χ4v) is 3.93. The molecule has 0 aliphatic heterocycles. The number of fused-ring (bicyclic) bond motifs is 1. The molecular formula is C30H36FN3O8. The van der Waals surface area contributed by atoms with Crippen LogP contribution < -0.4 is 19.7 Å². The molecule has 226 valence electrons. The van der Waals surface area contributed by atoms with Crippen LogP contribution in [0.3, 0.4) is 0 Å². The van der Waals surface area contributed by atoms with E-state index < -0.39 is 41.2 Å². The van der Waals surface area contributed by atoms with Gasteiger partial charge >= 0.3 is 18.2 Å². The van der Waals surface area contributed by atoms with Gasteiger partial charge in [0.2, 0.25) is 0 Å². The molecule has 0 saturated heterocycles. The third-order valence-electron chi connectivity index (χ3n) is 5.56. The molecule has 2 N–H and O–H groups in total. The van der Waals surface area contributed by atoms with E-state index in [1.54, 1.807) is 66.7 Å². The average molecular weight is 586 g/mol. The third-order valence-corrected chi connectivity index (χ3v) is 5.56. The Morgan fingerprint density at radius 1 is 0.976 bits per heavy atom. The molecule has 42 heavy (non-hydrogen) atoms. The van der Waals surface area contributed by atoms with Crippen LogP contribution in [0, 0.1) is 5.82 Å². The van der Waals surface area contributed by atoms with Gasteiger partial charge in [-0.1, -0.05) is 0 Å². The lowest BCUT2D eigenvalue weighted by atomic mass is 10.0. The van der Waals surface area contributed by atoms with E-state index in [0.29, 0.717) is 21.4 Å². The van der Waals surface area contributed by atoms with Crippen molar-refractivity contribution in [1.29, 1.82) is 0 Å². The first kappa shape index (κ1) is 31.9. The Labute approximate surface area is 243 Å². The molecule has 1 heterocycles. The van der Waals surface area contributed by atoms with Crippen molar-refractivity contribution in [2.75, 3.05) is 23.9 Å². The summed E-state index contributed by atoms with van der Waals surface area (Å²) in [6.07, 6.45) is -0.579. The lowest BCUT2D eigenvalue weighted by Crippen LogP contribution is -2.44. The van der Waals surface area contributed by atoms with Crippen LogP contribution >= 0.6 is 0 Å². The molecular weight excluding hydrogens is 549 g/mol. The Morgan fingerprint density at radius 3 is 2.12 bits per heavy atom. The van der Waals surface area contributed by atoms with E-state index in [-0.39, 0.29) is 29.5 Å². The van der Waals surface area contributed by atoms with Crippen molar-refractivity contribution in [3.63, 3.8) is 0 Å². The van der Waals surface area contributed by atoms with E-state index >= 15 is 4.39 Å². The molecule has 0 fully saturated rings. The predicted molar refractivity (Wildman–Crippen MR) is 155 cm³/mol. The number of benzene rings is 2. The smallest absolute Gasteiger partial charge is 0.425 e. The number of carboxylic acid groups (broad SMARTS) is 1. The zero-order chi connectivity index (χ0) is 31.4. The number of amides is 2. The van der Waals surface area contributed by atoms with Gasteiger partial charge in [-0.25, -0.2) is 23.8 Å². The van der Waals surface area contributed by atoms with Crippen molar-refractivity contribution in [1.82, 2.24) is 4.98 Å². The summed E-state index contributed by atoms with van der Waals surface area (Å²) in [5.74, 6) is -1.85. The largest absolute Gasteiger partial charge is 0.493 e. The summed E-state index contributed by atoms with van der Waals surface area (Å²) in [5, 5.41) is 13.7. The summed E-state index contributed by atoms with van der Waals surface area (Å²) < 4.78 is 36.6. The first-order chi connectivity index (χ1) is 19.5. The molecule has 11 nitrogen and oxygen atoms in total. The maximum atomic E-state index is 15.0. The van der Waals surface area contributed by atoms with Crippen molar-refractivity contribution < 1.29 is 42.8 Å². The summed E-state index contributed by atoms with van der Waals surface area (Å²) in [5.41, 5.74) is -1.67. The van der Waals surface area contributed by atoms with Gasteiger partial charge < -0.3 is 29.4 Å². The number of pyridine rings is 1. The number of anilines is 2. The highest BCUT2D eigenvalue weighted by Gasteiger charge is 2.34. The lowest BCUT2D eigenvalue weighted by Gasteiger charge is -2.28. The minimum Gasteiger partial charge on any atom is -0.493 e. The van der Waals surface area contributed by atoms with Crippen LogP contribution in [0.15, 0.2) is 42.6 Å². The number of halogens is 1. The van der Waals surface area contributed by atoms with E-state index in [2.05, 4.69) is 10.3 Å². The molecule has 0 aliphatic carbocycles. The normalized spacial score (nSPS) is 12.3. The average Bonchev–Trinajstić information content (AvgIpc) is 2.86. The summed E-state index contributed by atoms with van der Waals surface area (Å²) in [4.78, 5) is 43.5. The summed E-state index contributed by atoms with van der Waals surface area (Å²) in [7, 11) is 1.36.